The van der Waals surface area contributed by atoms with Crippen molar-refractivity contribution in [2.24, 2.45) is 0 Å². The van der Waals surface area contributed by atoms with Gasteiger partial charge in [-0.2, -0.15) is 0 Å². The largest absolute Gasteiger partial charge is 0.310 e. The molecular weight excluding hydrogens is 674 g/mol. The highest BCUT2D eigenvalue weighted by Crippen LogP contribution is 2.64. The second-order valence-corrected chi connectivity index (χ2v) is 15.7. The van der Waals surface area contributed by atoms with Gasteiger partial charge in [0.1, 0.15) is 0 Å². The van der Waals surface area contributed by atoms with Gasteiger partial charge in [0.15, 0.2) is 0 Å². The Bertz CT molecular complexity index is 2780. The van der Waals surface area contributed by atoms with Crippen molar-refractivity contribution in [2.45, 2.75) is 24.7 Å². The monoisotopic (exact) mass is 709 g/mol. The molecule has 0 radical (unpaired) electrons. The summed E-state index contributed by atoms with van der Waals surface area (Å²) in [5.41, 5.74) is 20.6. The summed E-state index contributed by atoms with van der Waals surface area (Å²) in [6.07, 6.45) is 0. The first-order valence-electron chi connectivity index (χ1n) is 18.8. The highest BCUT2D eigenvalue weighted by molar-refractivity contribution is 6.34. The molecule has 0 aliphatic heterocycles. The van der Waals surface area contributed by atoms with Gasteiger partial charge >= 0.3 is 0 Å². The fraction of sp³-hybridized carbons (Fsp3) is 0.0769. The number of anilines is 3. The summed E-state index contributed by atoms with van der Waals surface area (Å²) < 4.78 is 0. The Morgan fingerprint density at radius 1 is 0.389 bits per heavy atom. The highest BCUT2D eigenvalue weighted by Gasteiger charge is 2.52. The number of benzene rings is 8. The molecule has 8 aromatic carbocycles. The number of fused-ring (bicyclic) bond motifs is 13. The van der Waals surface area contributed by atoms with Gasteiger partial charge < -0.3 is 4.90 Å². The topological polar surface area (TPSA) is 3.24 Å². The van der Waals surface area contributed by atoms with Crippen LogP contribution in [0.3, 0.4) is 0 Å². The van der Waals surface area contributed by atoms with Crippen LogP contribution in [0, 0.1) is 0 Å². The zero-order valence-corrected chi connectivity index (χ0v) is 30.9. The lowest BCUT2D eigenvalue weighted by Crippen LogP contribution is -2.25. The molecule has 0 amide bonds. The van der Waals surface area contributed by atoms with Crippen LogP contribution in [-0.2, 0) is 10.8 Å². The van der Waals surface area contributed by atoms with Gasteiger partial charge in [0, 0.05) is 32.9 Å². The van der Waals surface area contributed by atoms with E-state index in [1.165, 1.54) is 72.4 Å². The molecule has 0 atom stereocenters. The fourth-order valence-electron chi connectivity index (χ4n) is 10.2. The molecule has 0 N–H and O–H groups in total. The van der Waals surface area contributed by atoms with E-state index in [1.807, 2.05) is 0 Å². The molecule has 1 spiro atoms. The van der Waals surface area contributed by atoms with Crippen LogP contribution in [0.5, 0.6) is 0 Å². The molecule has 0 fully saturated rings. The van der Waals surface area contributed by atoms with Crippen LogP contribution >= 0.6 is 11.6 Å². The normalized spacial score (nSPS) is 14.5. The summed E-state index contributed by atoms with van der Waals surface area (Å²) in [5, 5.41) is 0.750. The molecule has 3 aliphatic carbocycles. The zero-order chi connectivity index (χ0) is 36.2. The third kappa shape index (κ3) is 4.05. The van der Waals surface area contributed by atoms with Gasteiger partial charge in [-0.15, -0.1) is 0 Å². The van der Waals surface area contributed by atoms with E-state index in [0.29, 0.717) is 0 Å². The molecule has 0 bridgehead atoms. The van der Waals surface area contributed by atoms with E-state index in [1.54, 1.807) is 0 Å². The number of hydrogen-bond donors (Lipinski definition) is 0. The van der Waals surface area contributed by atoms with Crippen LogP contribution in [0.1, 0.15) is 47.2 Å². The number of hydrogen-bond acceptors (Lipinski definition) is 1. The van der Waals surface area contributed by atoms with Crippen molar-refractivity contribution in [2.75, 3.05) is 4.90 Å². The maximum absolute atomic E-state index is 7.42. The van der Waals surface area contributed by atoms with Gasteiger partial charge in [-0.1, -0.05) is 171 Å². The van der Waals surface area contributed by atoms with Crippen molar-refractivity contribution in [3.05, 3.63) is 220 Å². The molecule has 8 aromatic rings. The Balaban J connectivity index is 1.16. The first-order chi connectivity index (χ1) is 26.5. The quantitative estimate of drug-likeness (QED) is 0.176. The fourth-order valence-corrected chi connectivity index (χ4v) is 10.4. The minimum absolute atomic E-state index is 0.106. The average molecular weight is 710 g/mol. The Morgan fingerprint density at radius 2 is 0.907 bits per heavy atom. The molecule has 1 nitrogen and oxygen atoms in total. The highest BCUT2D eigenvalue weighted by atomic mass is 35.5. The summed E-state index contributed by atoms with van der Waals surface area (Å²) in [5.74, 6) is 0. The molecule has 0 saturated heterocycles. The van der Waals surface area contributed by atoms with Crippen molar-refractivity contribution in [3.8, 4) is 44.5 Å². The zero-order valence-electron chi connectivity index (χ0n) is 30.1. The Kier molecular flexibility index (Phi) is 6.64. The average Bonchev–Trinajstić information content (AvgIpc) is 3.78. The standard InChI is InChI=1S/C52H36ClN/c1-51(2)40-24-10-8-22-38(40)49-44(51)28-15-29-47(49)54(34-17-4-3-5-18-34)35-19-14-16-33(32-35)48-46(53)31-30-45-50(48)39-23-9-13-27-43(39)52(45)41-25-11-6-20-36(41)37-21-7-12-26-42(37)52/h3-32H,1-2H3. The maximum Gasteiger partial charge on any atom is 0.0725 e. The van der Waals surface area contributed by atoms with E-state index in [-0.39, 0.29) is 5.41 Å². The second kappa shape index (κ2) is 11.4. The van der Waals surface area contributed by atoms with E-state index >= 15 is 0 Å². The number of nitrogens with zero attached hydrogens (tertiary/aromatic N) is 1. The van der Waals surface area contributed by atoms with Gasteiger partial charge in [0.25, 0.3) is 0 Å². The first kappa shape index (κ1) is 31.4. The van der Waals surface area contributed by atoms with Gasteiger partial charge in [0.2, 0.25) is 0 Å². The number of rotatable bonds is 4. The van der Waals surface area contributed by atoms with Crippen LogP contribution < -0.4 is 4.90 Å². The Morgan fingerprint density at radius 3 is 1.59 bits per heavy atom. The third-order valence-corrected chi connectivity index (χ3v) is 12.7. The summed E-state index contributed by atoms with van der Waals surface area (Å²) in [7, 11) is 0. The van der Waals surface area contributed by atoms with Crippen LogP contribution in [0.4, 0.5) is 17.1 Å². The van der Waals surface area contributed by atoms with E-state index in [9.17, 15) is 0 Å². The van der Waals surface area contributed by atoms with Crippen molar-refractivity contribution in [1.29, 1.82) is 0 Å². The van der Waals surface area contributed by atoms with Crippen LogP contribution in [0.25, 0.3) is 44.5 Å². The van der Waals surface area contributed by atoms with Gasteiger partial charge in [-0.05, 0) is 103 Å². The second-order valence-electron chi connectivity index (χ2n) is 15.3. The smallest absolute Gasteiger partial charge is 0.0725 e. The van der Waals surface area contributed by atoms with Gasteiger partial charge in [-0.3, -0.25) is 0 Å². The molecule has 256 valence electrons. The van der Waals surface area contributed by atoms with E-state index in [4.69, 9.17) is 11.6 Å². The van der Waals surface area contributed by atoms with E-state index in [2.05, 4.69) is 201 Å². The number of para-hydroxylation sites is 1. The predicted molar refractivity (Wildman–Crippen MR) is 225 cm³/mol. The molecule has 0 unspecified atom stereocenters. The summed E-state index contributed by atoms with van der Waals surface area (Å²) in [6.45, 7) is 4.69. The summed E-state index contributed by atoms with van der Waals surface area (Å²) in [6, 6.07) is 66.7. The molecule has 2 heteroatoms. The molecule has 0 heterocycles. The van der Waals surface area contributed by atoms with E-state index in [0.717, 1.165) is 27.5 Å². The lowest BCUT2D eigenvalue weighted by molar-refractivity contribution is 0.660. The van der Waals surface area contributed by atoms with Crippen LogP contribution in [0.15, 0.2) is 182 Å². The summed E-state index contributed by atoms with van der Waals surface area (Å²) >= 11 is 7.42. The van der Waals surface area contributed by atoms with Crippen molar-refractivity contribution in [1.82, 2.24) is 0 Å². The molecule has 11 rings (SSSR count). The Labute approximate surface area is 321 Å². The third-order valence-electron chi connectivity index (χ3n) is 12.3. The van der Waals surface area contributed by atoms with Crippen molar-refractivity contribution in [3.63, 3.8) is 0 Å². The van der Waals surface area contributed by atoms with Crippen molar-refractivity contribution >= 4 is 28.7 Å². The maximum atomic E-state index is 7.42. The molecule has 3 aliphatic rings. The predicted octanol–water partition coefficient (Wildman–Crippen LogP) is 14.1. The SMILES string of the molecule is CC1(C)c2ccccc2-c2c(N(c3ccccc3)c3cccc(-c4c(Cl)ccc5c4-c4ccccc4C54c5ccccc5-c5ccccc54)c3)cccc21. The van der Waals surface area contributed by atoms with Crippen LogP contribution in [0.2, 0.25) is 5.02 Å². The molecular formula is C52H36ClN. The minimum Gasteiger partial charge on any atom is -0.310 e. The lowest BCUT2D eigenvalue weighted by Gasteiger charge is -2.31. The van der Waals surface area contributed by atoms with E-state index < -0.39 is 5.41 Å². The minimum atomic E-state index is -0.434. The lowest BCUT2D eigenvalue weighted by atomic mass is 9.70. The summed E-state index contributed by atoms with van der Waals surface area (Å²) in [4.78, 5) is 2.43. The number of halogens is 1. The first-order valence-corrected chi connectivity index (χ1v) is 19.2. The van der Waals surface area contributed by atoms with Gasteiger partial charge in [0.05, 0.1) is 11.1 Å². The van der Waals surface area contributed by atoms with Crippen LogP contribution in [-0.4, -0.2) is 0 Å². The molecule has 54 heavy (non-hydrogen) atoms. The molecule has 0 saturated carbocycles. The van der Waals surface area contributed by atoms with Crippen molar-refractivity contribution < 1.29 is 0 Å². The van der Waals surface area contributed by atoms with Gasteiger partial charge in [-0.25, -0.2) is 0 Å². The Hall–Kier alpha value is -6.15. The molecule has 0 aromatic heterocycles.